The van der Waals surface area contributed by atoms with Crippen LogP contribution in [-0.4, -0.2) is 30.4 Å². The number of carbonyl (C=O) groups excluding carboxylic acids is 1. The van der Waals surface area contributed by atoms with Crippen molar-refractivity contribution in [3.8, 4) is 6.07 Å². The van der Waals surface area contributed by atoms with Gasteiger partial charge in [-0.3, -0.25) is 9.59 Å². The topological polar surface area (TPSA) is 90.6 Å². The van der Waals surface area contributed by atoms with Crippen molar-refractivity contribution in [2.45, 2.75) is 38.5 Å². The van der Waals surface area contributed by atoms with E-state index in [1.165, 1.54) is 4.57 Å². The second kappa shape index (κ2) is 5.80. The van der Waals surface area contributed by atoms with Gasteiger partial charge in [-0.05, 0) is 25.5 Å². The zero-order chi connectivity index (χ0) is 16.6. The first-order chi connectivity index (χ1) is 11.0. The Morgan fingerprint density at radius 1 is 1.52 bits per heavy atom. The molecule has 0 radical (unpaired) electrons. The van der Waals surface area contributed by atoms with Crippen molar-refractivity contribution in [1.82, 2.24) is 4.57 Å². The largest absolute Gasteiger partial charge is 0.466 e. The minimum atomic E-state index is -0.934. The summed E-state index contributed by atoms with van der Waals surface area (Å²) in [6, 6.07) is 3.61. The molecular formula is C16H18N2O5. The molecule has 0 aliphatic carbocycles. The Hall–Kier alpha value is -2.17. The second-order valence-corrected chi connectivity index (χ2v) is 5.60. The number of esters is 1. The van der Waals surface area contributed by atoms with E-state index in [0.717, 1.165) is 0 Å². The van der Waals surface area contributed by atoms with Crippen molar-refractivity contribution in [2.24, 2.45) is 0 Å². The number of aromatic nitrogens is 1. The van der Waals surface area contributed by atoms with Crippen LogP contribution in [0.25, 0.3) is 0 Å². The molecule has 0 saturated carbocycles. The van der Waals surface area contributed by atoms with Gasteiger partial charge >= 0.3 is 5.97 Å². The molecule has 1 saturated heterocycles. The van der Waals surface area contributed by atoms with Gasteiger partial charge in [0.15, 0.2) is 0 Å². The van der Waals surface area contributed by atoms with Gasteiger partial charge in [-0.25, -0.2) is 0 Å². The standard InChI is InChI=1S/C16H18N2O5/c1-3-21-15(20)10(2)11-8-13-16(22-6-7-23-16)4-5-18(13)14(19)12(11)9-17/h8,10H,3-7H2,1-2H3. The van der Waals surface area contributed by atoms with E-state index in [4.69, 9.17) is 14.2 Å². The van der Waals surface area contributed by atoms with Crippen LogP contribution in [0.2, 0.25) is 0 Å². The zero-order valence-electron chi connectivity index (χ0n) is 13.1. The average Bonchev–Trinajstić information content (AvgIpc) is 3.16. The van der Waals surface area contributed by atoms with Gasteiger partial charge < -0.3 is 18.8 Å². The Bertz CT molecular complexity index is 740. The Balaban J connectivity index is 2.14. The predicted molar refractivity (Wildman–Crippen MR) is 78.7 cm³/mol. The highest BCUT2D eigenvalue weighted by molar-refractivity contribution is 5.78. The summed E-state index contributed by atoms with van der Waals surface area (Å²) in [5.41, 5.74) is 0.504. The van der Waals surface area contributed by atoms with Crippen LogP contribution >= 0.6 is 0 Å². The molecule has 0 amide bonds. The van der Waals surface area contributed by atoms with Gasteiger partial charge in [-0.2, -0.15) is 5.26 Å². The van der Waals surface area contributed by atoms with E-state index >= 15 is 0 Å². The molecule has 1 spiro atoms. The summed E-state index contributed by atoms with van der Waals surface area (Å²) >= 11 is 0. The maximum atomic E-state index is 12.6. The fourth-order valence-corrected chi connectivity index (χ4v) is 3.18. The van der Waals surface area contributed by atoms with Gasteiger partial charge in [0.2, 0.25) is 5.79 Å². The Morgan fingerprint density at radius 3 is 2.83 bits per heavy atom. The molecule has 2 aliphatic rings. The van der Waals surface area contributed by atoms with Crippen molar-refractivity contribution in [3.05, 3.63) is 33.2 Å². The molecule has 1 unspecified atom stereocenters. The molecule has 122 valence electrons. The van der Waals surface area contributed by atoms with Crippen LogP contribution in [-0.2, 0) is 31.3 Å². The lowest BCUT2D eigenvalue weighted by Crippen LogP contribution is -2.30. The number of fused-ring (bicyclic) bond motifs is 2. The van der Waals surface area contributed by atoms with Crippen LogP contribution in [0, 0.1) is 11.3 Å². The van der Waals surface area contributed by atoms with Crippen LogP contribution in [0.3, 0.4) is 0 Å². The summed E-state index contributed by atoms with van der Waals surface area (Å²) in [5.74, 6) is -2.10. The Labute approximate surface area is 133 Å². The van der Waals surface area contributed by atoms with E-state index in [1.54, 1.807) is 19.9 Å². The number of hydrogen-bond donors (Lipinski definition) is 0. The Morgan fingerprint density at radius 2 is 2.22 bits per heavy atom. The molecule has 1 fully saturated rings. The molecule has 3 heterocycles. The van der Waals surface area contributed by atoms with E-state index < -0.39 is 23.2 Å². The maximum Gasteiger partial charge on any atom is 0.313 e. The SMILES string of the molecule is CCOC(=O)C(C)c1cc2n(c(=O)c1C#N)CCC21OCCO1. The van der Waals surface area contributed by atoms with E-state index in [-0.39, 0.29) is 12.2 Å². The fraction of sp³-hybridized carbons (Fsp3) is 0.562. The predicted octanol–water partition coefficient (Wildman–Crippen LogP) is 0.990. The van der Waals surface area contributed by atoms with E-state index in [2.05, 4.69) is 0 Å². The monoisotopic (exact) mass is 318 g/mol. The highest BCUT2D eigenvalue weighted by Crippen LogP contribution is 2.40. The van der Waals surface area contributed by atoms with Gasteiger partial charge in [-0.15, -0.1) is 0 Å². The van der Waals surface area contributed by atoms with Crippen LogP contribution in [0.5, 0.6) is 0 Å². The molecule has 0 aromatic carbocycles. The lowest BCUT2D eigenvalue weighted by Gasteiger charge is -2.23. The number of hydrogen-bond acceptors (Lipinski definition) is 6. The molecule has 0 N–H and O–H groups in total. The molecular weight excluding hydrogens is 300 g/mol. The molecule has 0 bridgehead atoms. The second-order valence-electron chi connectivity index (χ2n) is 5.60. The smallest absolute Gasteiger partial charge is 0.313 e. The minimum Gasteiger partial charge on any atom is -0.466 e. The van der Waals surface area contributed by atoms with Crippen LogP contribution in [0.15, 0.2) is 10.9 Å². The lowest BCUT2D eigenvalue weighted by atomic mass is 9.95. The van der Waals surface area contributed by atoms with Crippen LogP contribution < -0.4 is 5.56 Å². The third kappa shape index (κ3) is 2.35. The molecule has 1 atom stereocenters. The van der Waals surface area contributed by atoms with Crippen molar-refractivity contribution in [2.75, 3.05) is 19.8 Å². The third-order valence-electron chi connectivity index (χ3n) is 4.36. The van der Waals surface area contributed by atoms with Gasteiger partial charge in [0, 0.05) is 13.0 Å². The van der Waals surface area contributed by atoms with Gasteiger partial charge in [0.1, 0.15) is 11.6 Å². The first-order valence-electron chi connectivity index (χ1n) is 7.67. The van der Waals surface area contributed by atoms with Crippen molar-refractivity contribution >= 4 is 5.97 Å². The van der Waals surface area contributed by atoms with Crippen molar-refractivity contribution in [3.63, 3.8) is 0 Å². The molecule has 3 rings (SSSR count). The first kappa shape index (κ1) is 15.7. The molecule has 23 heavy (non-hydrogen) atoms. The molecule has 7 heteroatoms. The van der Waals surface area contributed by atoms with Crippen LogP contribution in [0.1, 0.15) is 43.0 Å². The number of nitriles is 1. The molecule has 2 aliphatic heterocycles. The average molecular weight is 318 g/mol. The van der Waals surface area contributed by atoms with Gasteiger partial charge in [-0.1, -0.05) is 0 Å². The highest BCUT2D eigenvalue weighted by atomic mass is 16.7. The van der Waals surface area contributed by atoms with Crippen LogP contribution in [0.4, 0.5) is 0 Å². The minimum absolute atomic E-state index is 0.0237. The summed E-state index contributed by atoms with van der Waals surface area (Å²) in [4.78, 5) is 24.6. The molecule has 1 aromatic rings. The Kier molecular flexibility index (Phi) is 3.96. The van der Waals surface area contributed by atoms with Gasteiger partial charge in [0.25, 0.3) is 5.56 Å². The summed E-state index contributed by atoms with van der Waals surface area (Å²) < 4.78 is 18.0. The van der Waals surface area contributed by atoms with Crippen molar-refractivity contribution in [1.29, 1.82) is 5.26 Å². The number of ether oxygens (including phenoxy) is 3. The number of pyridine rings is 1. The summed E-state index contributed by atoms with van der Waals surface area (Å²) in [6.45, 7) is 4.92. The summed E-state index contributed by atoms with van der Waals surface area (Å²) in [5, 5.41) is 9.37. The molecule has 1 aromatic heterocycles. The normalized spacial score (nSPS) is 19.3. The fourth-order valence-electron chi connectivity index (χ4n) is 3.18. The quantitative estimate of drug-likeness (QED) is 0.772. The maximum absolute atomic E-state index is 12.6. The van der Waals surface area contributed by atoms with Crippen molar-refractivity contribution < 1.29 is 19.0 Å². The highest BCUT2D eigenvalue weighted by Gasteiger charge is 2.46. The summed E-state index contributed by atoms with van der Waals surface area (Å²) in [6.07, 6.45) is 0.518. The lowest BCUT2D eigenvalue weighted by molar-refractivity contribution is -0.163. The number of rotatable bonds is 3. The molecule has 7 nitrogen and oxygen atoms in total. The third-order valence-corrected chi connectivity index (χ3v) is 4.36. The first-order valence-corrected chi connectivity index (χ1v) is 7.67. The van der Waals surface area contributed by atoms with E-state index in [1.807, 2.05) is 6.07 Å². The number of nitrogens with zero attached hydrogens (tertiary/aromatic N) is 2. The number of carbonyl (C=O) groups is 1. The van der Waals surface area contributed by atoms with E-state index in [0.29, 0.717) is 37.4 Å². The summed E-state index contributed by atoms with van der Waals surface area (Å²) in [7, 11) is 0. The van der Waals surface area contributed by atoms with Gasteiger partial charge in [0.05, 0.1) is 31.4 Å². The van der Waals surface area contributed by atoms with E-state index in [9.17, 15) is 14.9 Å². The zero-order valence-corrected chi connectivity index (χ0v) is 13.1.